The smallest absolute Gasteiger partial charge is 0.267 e. The van der Waals surface area contributed by atoms with Gasteiger partial charge in [-0.3, -0.25) is 15.7 Å². The van der Waals surface area contributed by atoms with Gasteiger partial charge in [-0.05, 0) is 46.6 Å². The van der Waals surface area contributed by atoms with Crippen LogP contribution in [0.1, 0.15) is 11.1 Å². The topological polar surface area (TPSA) is 89.7 Å². The highest BCUT2D eigenvalue weighted by atomic mass is 35.5. The number of nitrogens with two attached hydrogens (primary N) is 1. The summed E-state index contributed by atoms with van der Waals surface area (Å²) in [6, 6.07) is 5.86. The molecule has 0 aliphatic heterocycles. The summed E-state index contributed by atoms with van der Waals surface area (Å²) in [5, 5.41) is 9.35. The zero-order valence-corrected chi connectivity index (χ0v) is 12.0. The van der Waals surface area contributed by atoms with Crippen LogP contribution in [-0.4, -0.2) is 20.8 Å². The molecule has 0 radical (unpaired) electrons. The molecule has 5 nitrogen and oxygen atoms in total. The fourth-order valence-electron chi connectivity index (χ4n) is 1.75. The minimum Gasteiger partial charge on any atom is -0.267 e. The van der Waals surface area contributed by atoms with Crippen LogP contribution in [0.5, 0.6) is 0 Å². The molecule has 2 aromatic rings. The summed E-state index contributed by atoms with van der Waals surface area (Å²) >= 11 is 6.70. The second-order valence-corrected chi connectivity index (χ2v) is 5.01. The number of nitriles is 1. The lowest BCUT2D eigenvalue weighted by Crippen LogP contribution is -2.10. The molecule has 7 heteroatoms. The van der Waals surface area contributed by atoms with E-state index in [4.69, 9.17) is 22.6 Å². The van der Waals surface area contributed by atoms with Gasteiger partial charge in [0.25, 0.3) is 5.67 Å². The third-order valence-electron chi connectivity index (χ3n) is 2.63. The summed E-state index contributed by atoms with van der Waals surface area (Å²) < 4.78 is 3.77. The molecule has 0 atom stereocenters. The van der Waals surface area contributed by atoms with Crippen molar-refractivity contribution in [2.45, 2.75) is 12.2 Å². The van der Waals surface area contributed by atoms with E-state index in [-0.39, 0.29) is 6.42 Å². The summed E-state index contributed by atoms with van der Waals surface area (Å²) in [5.74, 6) is 0.566. The molecule has 2 aromatic heterocycles. The Hall–Kier alpha value is -2.06. The van der Waals surface area contributed by atoms with Crippen LogP contribution in [0, 0.1) is 11.3 Å². The molecule has 0 unspecified atom stereocenters. The Labute approximate surface area is 125 Å². The average Bonchev–Trinajstić information content (AvgIpc) is 2.47. The molecule has 20 heavy (non-hydrogen) atoms. The molecule has 100 valence electrons. The number of hydrogen-bond donors (Lipinski definition) is 1. The number of hydrogen-bond acceptors (Lipinski definition) is 4. The number of amidine groups is 1. The zero-order valence-electron chi connectivity index (χ0n) is 10.5. The van der Waals surface area contributed by atoms with Crippen molar-refractivity contribution in [3.8, 4) is 6.07 Å². The van der Waals surface area contributed by atoms with Crippen LogP contribution in [0.25, 0.3) is 11.0 Å². The van der Waals surface area contributed by atoms with Gasteiger partial charge in [0.15, 0.2) is 0 Å². The van der Waals surface area contributed by atoms with E-state index in [1.807, 2.05) is 12.1 Å². The fourth-order valence-corrected chi connectivity index (χ4v) is 2.59. The van der Waals surface area contributed by atoms with Gasteiger partial charge >= 0.3 is 5.17 Å². The lowest BCUT2D eigenvalue weighted by atomic mass is 10.1. The van der Waals surface area contributed by atoms with Gasteiger partial charge in [0.05, 0.1) is 23.5 Å². The lowest BCUT2D eigenvalue weighted by molar-refractivity contribution is 1.16. The highest BCUT2D eigenvalue weighted by Gasteiger charge is 2.12. The van der Waals surface area contributed by atoms with E-state index < -0.39 is 0 Å². The van der Waals surface area contributed by atoms with Crippen LogP contribution >= 0.6 is 23.4 Å². The Morgan fingerprint density at radius 1 is 1.55 bits per heavy atom. The Bertz CT molecular complexity index is 731. The van der Waals surface area contributed by atoms with E-state index in [1.165, 1.54) is 11.8 Å². The first kappa shape index (κ1) is 14.4. The van der Waals surface area contributed by atoms with Crippen molar-refractivity contribution >= 4 is 45.2 Å². The molecule has 0 aromatic carbocycles. The van der Waals surface area contributed by atoms with E-state index in [2.05, 4.69) is 20.7 Å². The van der Waals surface area contributed by atoms with Gasteiger partial charge in [-0.25, -0.2) is 0 Å². The average molecular weight is 305 g/mol. The maximum Gasteiger partial charge on any atom is 0.403 e. The second-order valence-electron chi connectivity index (χ2n) is 3.82. The summed E-state index contributed by atoms with van der Waals surface area (Å²) in [4.78, 5) is 8.66. The van der Waals surface area contributed by atoms with Crippen LogP contribution in [0.3, 0.4) is 0 Å². The van der Waals surface area contributed by atoms with Gasteiger partial charge in [0, 0.05) is 18.1 Å². The minimum atomic E-state index is 0.282. The first-order valence-electron chi connectivity index (χ1n) is 5.72. The fraction of sp³-hybridized carbons (Fsp3) is 0.154. The van der Waals surface area contributed by atoms with Crippen LogP contribution < -0.4 is 10.4 Å². The van der Waals surface area contributed by atoms with E-state index in [0.29, 0.717) is 10.9 Å². The molecular weight excluding hydrogens is 294 g/mol. The largest absolute Gasteiger partial charge is 0.403 e. The van der Waals surface area contributed by atoms with Gasteiger partial charge in [-0.2, -0.15) is 9.93 Å². The van der Waals surface area contributed by atoms with Crippen LogP contribution in [0.4, 0.5) is 0 Å². The Balaban J connectivity index is 2.40. The molecule has 0 bridgehead atoms. The van der Waals surface area contributed by atoms with Crippen LogP contribution in [-0.2, 0) is 12.2 Å². The standard InChI is InChI=1S/C13H10ClN5S/c14-8-19-13(16)20-7-9-6-18-11-2-1-5-17-12(11)10(9)3-4-15/h1-2,5-6,8,16H,3,7H2/p+1. The van der Waals surface area contributed by atoms with E-state index in [9.17, 15) is 0 Å². The van der Waals surface area contributed by atoms with Gasteiger partial charge in [0.2, 0.25) is 0 Å². The third kappa shape index (κ3) is 3.28. The third-order valence-corrected chi connectivity index (χ3v) is 3.58. The SMILES string of the molecule is N#CCc1c(CSC(N)=[N+]=CCl)cnc2cccnc12. The number of thioether (sulfide) groups is 1. The van der Waals surface area contributed by atoms with Crippen molar-refractivity contribution in [2.24, 2.45) is 5.73 Å². The first-order valence-corrected chi connectivity index (χ1v) is 7.15. The van der Waals surface area contributed by atoms with Gasteiger partial charge in [0.1, 0.15) is 0 Å². The van der Waals surface area contributed by atoms with Crippen molar-refractivity contribution in [3.63, 3.8) is 0 Å². The zero-order chi connectivity index (χ0) is 14.4. The van der Waals surface area contributed by atoms with E-state index in [0.717, 1.165) is 27.8 Å². The van der Waals surface area contributed by atoms with E-state index >= 15 is 0 Å². The maximum atomic E-state index is 8.99. The summed E-state index contributed by atoms with van der Waals surface area (Å²) in [6.45, 7) is 0. The number of rotatable bonds is 3. The highest BCUT2D eigenvalue weighted by molar-refractivity contribution is 8.13. The highest BCUT2D eigenvalue weighted by Crippen LogP contribution is 2.22. The molecule has 2 rings (SSSR count). The summed E-state index contributed by atoms with van der Waals surface area (Å²) in [5.41, 5.74) is 10.1. The predicted octanol–water partition coefficient (Wildman–Crippen LogP) is 1.58. The van der Waals surface area contributed by atoms with Crippen molar-refractivity contribution in [3.05, 3.63) is 35.7 Å². The lowest BCUT2D eigenvalue weighted by Gasteiger charge is -2.07. The molecule has 0 saturated carbocycles. The van der Waals surface area contributed by atoms with Crippen molar-refractivity contribution in [1.29, 1.82) is 5.26 Å². The van der Waals surface area contributed by atoms with Gasteiger partial charge in [-0.15, -0.1) is 0 Å². The Morgan fingerprint density at radius 2 is 2.40 bits per heavy atom. The molecule has 0 fully saturated rings. The maximum absolute atomic E-state index is 8.99. The molecule has 2 heterocycles. The van der Waals surface area contributed by atoms with E-state index in [1.54, 1.807) is 12.4 Å². The van der Waals surface area contributed by atoms with Crippen molar-refractivity contribution in [2.75, 3.05) is 0 Å². The second kappa shape index (κ2) is 6.92. The number of fused-ring (bicyclic) bond motifs is 1. The quantitative estimate of drug-likeness (QED) is 0.528. The molecule has 0 saturated heterocycles. The number of aromatic nitrogens is 2. The molecule has 0 spiro atoms. The molecular formula is C13H11ClN5S+. The number of halogens is 1. The van der Waals surface area contributed by atoms with Crippen molar-refractivity contribution in [1.82, 2.24) is 14.6 Å². The van der Waals surface area contributed by atoms with Crippen LogP contribution in [0.2, 0.25) is 0 Å². The molecule has 2 N–H and O–H groups in total. The first-order chi connectivity index (χ1) is 9.76. The van der Waals surface area contributed by atoms with Crippen LogP contribution in [0.15, 0.2) is 24.5 Å². The predicted molar refractivity (Wildman–Crippen MR) is 83.4 cm³/mol. The summed E-state index contributed by atoms with van der Waals surface area (Å²) in [7, 11) is 0. The Morgan fingerprint density at radius 3 is 3.15 bits per heavy atom. The Kier molecular flexibility index (Phi) is 4.97. The minimum absolute atomic E-state index is 0.282. The monoisotopic (exact) mass is 304 g/mol. The number of pyridine rings is 2. The normalized spacial score (nSPS) is 9.80. The van der Waals surface area contributed by atoms with Crippen molar-refractivity contribution < 1.29 is 0 Å². The van der Waals surface area contributed by atoms with Gasteiger partial charge in [-0.1, -0.05) is 0 Å². The molecule has 0 aliphatic carbocycles. The molecule has 0 aliphatic rings. The number of nitrogens with zero attached hydrogens (tertiary/aromatic N) is 4. The molecule has 0 amide bonds. The van der Waals surface area contributed by atoms with Gasteiger partial charge < -0.3 is 0 Å². The summed E-state index contributed by atoms with van der Waals surface area (Å²) in [6.07, 6.45) is 3.73.